The molecule has 0 saturated carbocycles. The third kappa shape index (κ3) is 5.14. The lowest BCUT2D eigenvalue weighted by atomic mass is 9.94. The van der Waals surface area contributed by atoms with E-state index in [0.717, 1.165) is 44.0 Å². The van der Waals surface area contributed by atoms with Gasteiger partial charge in [0.05, 0.1) is 18.2 Å². The molecule has 2 amide bonds. The van der Waals surface area contributed by atoms with Crippen molar-refractivity contribution in [2.24, 2.45) is 0 Å². The number of rotatable bonds is 6. The van der Waals surface area contributed by atoms with E-state index in [9.17, 15) is 18.4 Å². The summed E-state index contributed by atoms with van der Waals surface area (Å²) in [7, 11) is 0. The van der Waals surface area contributed by atoms with E-state index in [1.807, 2.05) is 18.2 Å². The molecule has 7 nitrogen and oxygen atoms in total. The van der Waals surface area contributed by atoms with E-state index in [0.29, 0.717) is 12.2 Å². The van der Waals surface area contributed by atoms with Crippen LogP contribution in [0.25, 0.3) is 0 Å². The van der Waals surface area contributed by atoms with Crippen molar-refractivity contribution in [3.05, 3.63) is 77.0 Å². The first-order valence-corrected chi connectivity index (χ1v) is 10.9. The Labute approximate surface area is 191 Å². The topological polar surface area (TPSA) is 73.9 Å². The van der Waals surface area contributed by atoms with E-state index in [2.05, 4.69) is 32.6 Å². The first-order valence-electron chi connectivity index (χ1n) is 10.9. The van der Waals surface area contributed by atoms with E-state index in [-0.39, 0.29) is 17.7 Å². The standard InChI is InChI=1S/C24H26F2N4O3/c1-2-33-23(31)21-20(15-29-10-12-30(13-11-29)17-6-4-3-5-7-17)27-24(32)28-22(21)16-8-9-18(25)19(26)14-16/h3-9,14,22H,2,10-13,15H2,1H3,(H2,27,28,32)/t22-/m0/s1. The van der Waals surface area contributed by atoms with Crippen LogP contribution in [0.15, 0.2) is 59.8 Å². The molecule has 2 aromatic carbocycles. The van der Waals surface area contributed by atoms with Crippen LogP contribution in [0.1, 0.15) is 18.5 Å². The van der Waals surface area contributed by atoms with Crippen LogP contribution in [0, 0.1) is 11.6 Å². The van der Waals surface area contributed by atoms with Gasteiger partial charge < -0.3 is 20.3 Å². The zero-order valence-electron chi connectivity index (χ0n) is 18.3. The summed E-state index contributed by atoms with van der Waals surface area (Å²) in [6, 6.07) is 12.0. The number of hydrogen-bond donors (Lipinski definition) is 2. The minimum atomic E-state index is -1.05. The fraction of sp³-hybridized carbons (Fsp3) is 0.333. The van der Waals surface area contributed by atoms with E-state index >= 15 is 0 Å². The minimum absolute atomic E-state index is 0.143. The average Bonchev–Trinajstić information content (AvgIpc) is 2.81. The predicted octanol–water partition coefficient (Wildman–Crippen LogP) is 2.96. The molecule has 9 heteroatoms. The van der Waals surface area contributed by atoms with Gasteiger partial charge >= 0.3 is 12.0 Å². The van der Waals surface area contributed by atoms with Crippen LogP contribution < -0.4 is 15.5 Å². The van der Waals surface area contributed by atoms with Crippen LogP contribution in [-0.2, 0) is 9.53 Å². The van der Waals surface area contributed by atoms with Crippen LogP contribution in [0.4, 0.5) is 19.3 Å². The van der Waals surface area contributed by atoms with Gasteiger partial charge in [0.2, 0.25) is 0 Å². The van der Waals surface area contributed by atoms with Crippen molar-refractivity contribution in [3.63, 3.8) is 0 Å². The molecule has 1 saturated heterocycles. The number of piperazine rings is 1. The summed E-state index contributed by atoms with van der Waals surface area (Å²) in [5.74, 6) is -2.67. The lowest BCUT2D eigenvalue weighted by Gasteiger charge is -2.38. The predicted molar refractivity (Wildman–Crippen MR) is 120 cm³/mol. The number of carbonyl (C=O) groups excluding carboxylic acids is 2. The highest BCUT2D eigenvalue weighted by Gasteiger charge is 2.35. The Bertz CT molecular complexity index is 1050. The molecule has 0 aliphatic carbocycles. The summed E-state index contributed by atoms with van der Waals surface area (Å²) in [6.07, 6.45) is 0. The van der Waals surface area contributed by atoms with Gasteiger partial charge in [-0.2, -0.15) is 0 Å². The number of nitrogens with zero attached hydrogens (tertiary/aromatic N) is 2. The van der Waals surface area contributed by atoms with Gasteiger partial charge in [0.15, 0.2) is 11.6 Å². The first kappa shape index (κ1) is 22.7. The number of ether oxygens (including phenoxy) is 1. The third-order valence-corrected chi connectivity index (χ3v) is 5.80. The number of para-hydroxylation sites is 1. The monoisotopic (exact) mass is 456 g/mol. The SMILES string of the molecule is CCOC(=O)C1=C(CN2CCN(c3ccccc3)CC2)NC(=O)N[C@H]1c1ccc(F)c(F)c1. The summed E-state index contributed by atoms with van der Waals surface area (Å²) in [5, 5.41) is 5.37. The molecule has 33 heavy (non-hydrogen) atoms. The van der Waals surface area contributed by atoms with Crippen molar-refractivity contribution < 1.29 is 23.1 Å². The number of esters is 1. The molecule has 0 unspecified atom stereocenters. The number of halogens is 2. The highest BCUT2D eigenvalue weighted by atomic mass is 19.2. The normalized spacial score (nSPS) is 19.2. The second-order valence-electron chi connectivity index (χ2n) is 7.92. The number of hydrogen-bond acceptors (Lipinski definition) is 5. The highest BCUT2D eigenvalue weighted by molar-refractivity contribution is 5.95. The summed E-state index contributed by atoms with van der Waals surface area (Å²) in [5.41, 5.74) is 2.00. The zero-order valence-corrected chi connectivity index (χ0v) is 18.3. The maximum atomic E-state index is 13.9. The van der Waals surface area contributed by atoms with Gasteiger partial charge in [0.1, 0.15) is 0 Å². The summed E-state index contributed by atoms with van der Waals surface area (Å²) in [4.78, 5) is 29.7. The molecular formula is C24H26F2N4O3. The Morgan fingerprint density at radius 1 is 1.06 bits per heavy atom. The zero-order chi connectivity index (χ0) is 23.4. The van der Waals surface area contributed by atoms with Gasteiger partial charge in [-0.15, -0.1) is 0 Å². The number of benzene rings is 2. The van der Waals surface area contributed by atoms with E-state index in [1.54, 1.807) is 6.92 Å². The molecule has 2 aromatic rings. The molecular weight excluding hydrogens is 430 g/mol. The molecule has 4 rings (SSSR count). The van der Waals surface area contributed by atoms with Crippen molar-refractivity contribution in [2.75, 3.05) is 44.2 Å². The Balaban J connectivity index is 1.58. The molecule has 2 aliphatic heterocycles. The molecule has 2 heterocycles. The largest absolute Gasteiger partial charge is 0.463 e. The van der Waals surface area contributed by atoms with Gasteiger partial charge in [0, 0.05) is 44.1 Å². The van der Waals surface area contributed by atoms with Crippen molar-refractivity contribution in [1.82, 2.24) is 15.5 Å². The van der Waals surface area contributed by atoms with Crippen molar-refractivity contribution in [2.45, 2.75) is 13.0 Å². The van der Waals surface area contributed by atoms with Crippen LogP contribution in [0.2, 0.25) is 0 Å². The minimum Gasteiger partial charge on any atom is -0.463 e. The molecule has 1 atom stereocenters. The van der Waals surface area contributed by atoms with Crippen LogP contribution in [0.5, 0.6) is 0 Å². The molecule has 0 aromatic heterocycles. The summed E-state index contributed by atoms with van der Waals surface area (Å²) < 4.78 is 32.6. The van der Waals surface area contributed by atoms with Gasteiger partial charge in [-0.25, -0.2) is 18.4 Å². The van der Waals surface area contributed by atoms with Gasteiger partial charge in [0.25, 0.3) is 0 Å². The molecule has 174 valence electrons. The summed E-state index contributed by atoms with van der Waals surface area (Å²) in [6.45, 7) is 5.20. The fourth-order valence-corrected chi connectivity index (χ4v) is 4.16. The second kappa shape index (κ2) is 9.99. The maximum absolute atomic E-state index is 13.9. The van der Waals surface area contributed by atoms with Crippen molar-refractivity contribution in [3.8, 4) is 0 Å². The number of urea groups is 1. The number of nitrogens with one attached hydrogen (secondary N) is 2. The molecule has 0 bridgehead atoms. The third-order valence-electron chi connectivity index (χ3n) is 5.80. The van der Waals surface area contributed by atoms with Gasteiger partial charge in [-0.1, -0.05) is 24.3 Å². The van der Waals surface area contributed by atoms with Crippen LogP contribution in [-0.4, -0.2) is 56.2 Å². The Morgan fingerprint density at radius 3 is 2.45 bits per heavy atom. The van der Waals surface area contributed by atoms with E-state index < -0.39 is 29.7 Å². The molecule has 2 aliphatic rings. The molecule has 0 radical (unpaired) electrons. The smallest absolute Gasteiger partial charge is 0.338 e. The molecule has 1 fully saturated rings. The van der Waals surface area contributed by atoms with Crippen LogP contribution >= 0.6 is 0 Å². The average molecular weight is 456 g/mol. The maximum Gasteiger partial charge on any atom is 0.338 e. The van der Waals surface area contributed by atoms with Crippen molar-refractivity contribution in [1.29, 1.82) is 0 Å². The first-order chi connectivity index (χ1) is 16.0. The lowest BCUT2D eigenvalue weighted by molar-refractivity contribution is -0.139. The fourth-order valence-electron chi connectivity index (χ4n) is 4.16. The highest BCUT2D eigenvalue weighted by Crippen LogP contribution is 2.29. The van der Waals surface area contributed by atoms with E-state index in [4.69, 9.17) is 4.74 Å². The molecule has 2 N–H and O–H groups in total. The van der Waals surface area contributed by atoms with Crippen LogP contribution in [0.3, 0.4) is 0 Å². The quantitative estimate of drug-likeness (QED) is 0.654. The lowest BCUT2D eigenvalue weighted by Crippen LogP contribution is -2.51. The van der Waals surface area contributed by atoms with Gasteiger partial charge in [-0.3, -0.25) is 4.90 Å². The van der Waals surface area contributed by atoms with Gasteiger partial charge in [-0.05, 0) is 36.8 Å². The Hall–Kier alpha value is -3.46. The number of amides is 2. The van der Waals surface area contributed by atoms with Crippen molar-refractivity contribution >= 4 is 17.7 Å². The summed E-state index contributed by atoms with van der Waals surface area (Å²) >= 11 is 0. The van der Waals surface area contributed by atoms with E-state index in [1.165, 1.54) is 6.07 Å². The number of anilines is 1. The number of carbonyl (C=O) groups is 2. The Morgan fingerprint density at radius 2 is 1.79 bits per heavy atom. The second-order valence-corrected chi connectivity index (χ2v) is 7.92. The Kier molecular flexibility index (Phi) is 6.88. The molecule has 0 spiro atoms.